The molecule has 12 heteroatoms. The largest absolute Gasteiger partial charge is 0.488 e. The van der Waals surface area contributed by atoms with Crippen LogP contribution in [0.2, 0.25) is 5.02 Å². The van der Waals surface area contributed by atoms with Crippen molar-refractivity contribution >= 4 is 29.2 Å². The van der Waals surface area contributed by atoms with Crippen LogP contribution >= 0.6 is 11.6 Å². The molecule has 3 aromatic rings. The molecular formula is C25H25ClF2N4O5. The van der Waals surface area contributed by atoms with E-state index in [-0.39, 0.29) is 40.3 Å². The summed E-state index contributed by atoms with van der Waals surface area (Å²) in [6, 6.07) is 10.7. The van der Waals surface area contributed by atoms with Crippen LogP contribution in [-0.4, -0.2) is 58.9 Å². The molecule has 37 heavy (non-hydrogen) atoms. The summed E-state index contributed by atoms with van der Waals surface area (Å²) in [5.41, 5.74) is 0.609. The third kappa shape index (κ3) is 6.95. The number of hydrogen-bond donors (Lipinski definition) is 1. The lowest BCUT2D eigenvalue weighted by molar-refractivity contribution is -0.142. The van der Waals surface area contributed by atoms with Gasteiger partial charge in [-0.2, -0.15) is 13.9 Å². The average molecular weight is 535 g/mol. The molecule has 0 bridgehead atoms. The second kappa shape index (κ2) is 11.6. The van der Waals surface area contributed by atoms with Crippen LogP contribution in [0.3, 0.4) is 0 Å². The van der Waals surface area contributed by atoms with Gasteiger partial charge in [-0.3, -0.25) is 14.3 Å². The van der Waals surface area contributed by atoms with Crippen molar-refractivity contribution in [1.29, 1.82) is 0 Å². The summed E-state index contributed by atoms with van der Waals surface area (Å²) in [7, 11) is 1.71. The highest BCUT2D eigenvalue weighted by molar-refractivity contribution is 6.32. The number of benzene rings is 2. The van der Waals surface area contributed by atoms with Gasteiger partial charge in [0.05, 0.1) is 11.6 Å². The van der Waals surface area contributed by atoms with Gasteiger partial charge in [0, 0.05) is 49.6 Å². The highest BCUT2D eigenvalue weighted by Crippen LogP contribution is 2.33. The first kappa shape index (κ1) is 26.4. The molecule has 1 aliphatic heterocycles. The predicted molar refractivity (Wildman–Crippen MR) is 132 cm³/mol. The predicted octanol–water partition coefficient (Wildman–Crippen LogP) is 4.97. The van der Waals surface area contributed by atoms with Crippen LogP contribution in [0.25, 0.3) is 0 Å². The summed E-state index contributed by atoms with van der Waals surface area (Å²) in [5.74, 6) is 0.384. The van der Waals surface area contributed by atoms with Crippen molar-refractivity contribution in [3.8, 4) is 17.2 Å². The Labute approximate surface area is 216 Å². The van der Waals surface area contributed by atoms with E-state index in [1.807, 2.05) is 0 Å². The number of likely N-dealkylation sites (tertiary alicyclic amines) is 1. The summed E-state index contributed by atoms with van der Waals surface area (Å²) in [5, 5.41) is 7.00. The average Bonchev–Trinajstić information content (AvgIpc) is 3.22. The number of halogens is 3. The van der Waals surface area contributed by atoms with Gasteiger partial charge in [0.2, 0.25) is 0 Å². The Hall–Kier alpha value is -3.70. The third-order valence-corrected chi connectivity index (χ3v) is 5.74. The van der Waals surface area contributed by atoms with Gasteiger partial charge in [-0.15, -0.1) is 0 Å². The summed E-state index contributed by atoms with van der Waals surface area (Å²) >= 11 is 6.39. The smallest absolute Gasteiger partial charge is 0.345 e. The van der Waals surface area contributed by atoms with Crippen molar-refractivity contribution in [1.82, 2.24) is 14.7 Å². The molecule has 2 heterocycles. The van der Waals surface area contributed by atoms with Gasteiger partial charge in [-0.25, -0.2) is 0 Å². The second-order valence-electron chi connectivity index (χ2n) is 8.44. The van der Waals surface area contributed by atoms with Crippen LogP contribution in [0, 0.1) is 0 Å². The Morgan fingerprint density at radius 1 is 1.11 bits per heavy atom. The zero-order chi connectivity index (χ0) is 26.5. The fourth-order valence-electron chi connectivity index (χ4n) is 3.52. The van der Waals surface area contributed by atoms with Crippen molar-refractivity contribution in [2.75, 3.05) is 25.0 Å². The molecule has 1 aliphatic rings. The number of hydrogen-bond acceptors (Lipinski definition) is 6. The van der Waals surface area contributed by atoms with E-state index in [1.165, 1.54) is 28.9 Å². The molecule has 196 valence electrons. The molecule has 9 nitrogen and oxygen atoms in total. The quantitative estimate of drug-likeness (QED) is 0.394. The molecule has 0 saturated carbocycles. The molecule has 2 amide bonds. The van der Waals surface area contributed by atoms with E-state index in [0.717, 1.165) is 6.42 Å². The monoisotopic (exact) mass is 534 g/mol. The number of aromatic nitrogens is 2. The Morgan fingerprint density at radius 3 is 2.49 bits per heavy atom. The molecular weight excluding hydrogens is 510 g/mol. The lowest BCUT2D eigenvalue weighted by Crippen LogP contribution is -2.41. The second-order valence-corrected chi connectivity index (χ2v) is 8.84. The highest BCUT2D eigenvalue weighted by Gasteiger charge is 2.22. The number of carbonyl (C=O) groups is 2. The van der Waals surface area contributed by atoms with Gasteiger partial charge >= 0.3 is 6.61 Å². The van der Waals surface area contributed by atoms with E-state index in [2.05, 4.69) is 15.2 Å². The van der Waals surface area contributed by atoms with Crippen molar-refractivity contribution in [2.24, 2.45) is 7.05 Å². The van der Waals surface area contributed by atoms with Gasteiger partial charge in [0.25, 0.3) is 11.8 Å². The fraction of sp³-hybridized carbons (Fsp3) is 0.320. The van der Waals surface area contributed by atoms with Crippen LogP contribution in [0.4, 0.5) is 14.6 Å². The maximum absolute atomic E-state index is 12.9. The van der Waals surface area contributed by atoms with E-state index >= 15 is 0 Å². The number of rotatable bonds is 10. The Balaban J connectivity index is 1.56. The van der Waals surface area contributed by atoms with E-state index in [4.69, 9.17) is 21.1 Å². The van der Waals surface area contributed by atoms with Gasteiger partial charge in [-0.1, -0.05) is 11.6 Å². The highest BCUT2D eigenvalue weighted by atomic mass is 35.5. The fourth-order valence-corrected chi connectivity index (χ4v) is 3.74. The summed E-state index contributed by atoms with van der Waals surface area (Å²) in [6.07, 6.45) is 1.90. The molecule has 4 rings (SSSR count). The zero-order valence-corrected chi connectivity index (χ0v) is 20.9. The standard InChI is InChI=1S/C25H25ClF2N4O5/c1-15(14-35-25(27)28)36-18-10-17(23(33)29-22-6-9-31(2)30-22)11-19(13-18)37-21-5-4-16(12-20(21)26)24(34)32-7-3-8-32/h4-6,9-13,15,25H,3,7-8,14H2,1-2H3,(H,29,30,33). The minimum Gasteiger partial charge on any atom is -0.488 e. The molecule has 1 unspecified atom stereocenters. The van der Waals surface area contributed by atoms with Crippen LogP contribution in [0.1, 0.15) is 34.1 Å². The van der Waals surface area contributed by atoms with E-state index in [1.54, 1.807) is 43.3 Å². The summed E-state index contributed by atoms with van der Waals surface area (Å²) in [6.45, 7) is -0.319. The third-order valence-electron chi connectivity index (χ3n) is 5.44. The minimum absolute atomic E-state index is 0.108. The number of ether oxygens (including phenoxy) is 3. The van der Waals surface area contributed by atoms with Crippen LogP contribution in [-0.2, 0) is 11.8 Å². The molecule has 0 radical (unpaired) electrons. The maximum atomic E-state index is 12.9. The normalized spacial score (nSPS) is 13.7. The van der Waals surface area contributed by atoms with Crippen molar-refractivity contribution < 1.29 is 32.6 Å². The Morgan fingerprint density at radius 2 is 1.86 bits per heavy atom. The van der Waals surface area contributed by atoms with Gasteiger partial charge in [0.15, 0.2) is 5.82 Å². The molecule has 1 saturated heterocycles. The molecule has 1 fully saturated rings. The Bertz CT molecular complexity index is 1280. The van der Waals surface area contributed by atoms with E-state index in [0.29, 0.717) is 24.5 Å². The van der Waals surface area contributed by atoms with Gasteiger partial charge in [0.1, 0.15) is 23.4 Å². The van der Waals surface area contributed by atoms with Gasteiger partial charge < -0.3 is 24.4 Å². The van der Waals surface area contributed by atoms with Crippen molar-refractivity contribution in [2.45, 2.75) is 26.1 Å². The molecule has 0 spiro atoms. The Kier molecular flexibility index (Phi) is 8.24. The number of aryl methyl sites for hydroxylation is 1. The number of amides is 2. The number of alkyl halides is 2. The number of nitrogens with one attached hydrogen (secondary N) is 1. The lowest BCUT2D eigenvalue weighted by atomic mass is 10.1. The summed E-state index contributed by atoms with van der Waals surface area (Å²) in [4.78, 5) is 27.1. The maximum Gasteiger partial charge on any atom is 0.345 e. The first-order valence-corrected chi connectivity index (χ1v) is 11.8. The molecule has 1 atom stereocenters. The number of nitrogens with zero attached hydrogens (tertiary/aromatic N) is 3. The molecule has 1 aromatic heterocycles. The molecule has 0 aliphatic carbocycles. The SMILES string of the molecule is CC(COC(F)F)Oc1cc(Oc2ccc(C(=O)N3CCC3)cc2Cl)cc(C(=O)Nc2ccn(C)n2)c1. The molecule has 2 aromatic carbocycles. The lowest BCUT2D eigenvalue weighted by Gasteiger charge is -2.31. The first-order chi connectivity index (χ1) is 17.7. The summed E-state index contributed by atoms with van der Waals surface area (Å²) < 4.78 is 42.3. The van der Waals surface area contributed by atoms with Crippen molar-refractivity contribution in [3.05, 3.63) is 64.8 Å². The van der Waals surface area contributed by atoms with Crippen LogP contribution < -0.4 is 14.8 Å². The van der Waals surface area contributed by atoms with Crippen LogP contribution in [0.5, 0.6) is 17.2 Å². The van der Waals surface area contributed by atoms with Crippen LogP contribution in [0.15, 0.2) is 48.7 Å². The van der Waals surface area contributed by atoms with E-state index < -0.39 is 18.6 Å². The van der Waals surface area contributed by atoms with E-state index in [9.17, 15) is 18.4 Å². The van der Waals surface area contributed by atoms with Crippen molar-refractivity contribution in [3.63, 3.8) is 0 Å². The molecule has 1 N–H and O–H groups in total. The number of anilines is 1. The minimum atomic E-state index is -2.93. The number of carbonyl (C=O) groups excluding carboxylic acids is 2. The zero-order valence-electron chi connectivity index (χ0n) is 20.1. The first-order valence-electron chi connectivity index (χ1n) is 11.5. The van der Waals surface area contributed by atoms with Gasteiger partial charge in [-0.05, 0) is 43.7 Å². The topological polar surface area (TPSA) is 94.9 Å².